The summed E-state index contributed by atoms with van der Waals surface area (Å²) in [7, 11) is 1.37. The van der Waals surface area contributed by atoms with E-state index in [1.165, 1.54) is 7.11 Å². The van der Waals surface area contributed by atoms with E-state index in [4.69, 9.17) is 9.84 Å². The highest BCUT2D eigenvalue weighted by atomic mass is 16.5. The van der Waals surface area contributed by atoms with Crippen LogP contribution in [0.1, 0.15) is 21.5 Å². The number of ether oxygens (including phenoxy) is 2. The van der Waals surface area contributed by atoms with E-state index in [1.54, 1.807) is 24.3 Å². The van der Waals surface area contributed by atoms with Crippen molar-refractivity contribution >= 4 is 5.97 Å². The van der Waals surface area contributed by atoms with E-state index in [2.05, 4.69) is 4.74 Å². The van der Waals surface area contributed by atoms with Gasteiger partial charge in [0, 0.05) is 0 Å². The summed E-state index contributed by atoms with van der Waals surface area (Å²) in [6.07, 6.45) is 0. The molecular weight excluding hydrogens is 256 g/mol. The Hall–Kier alpha value is -2.33. The van der Waals surface area contributed by atoms with Crippen LogP contribution in [0, 0.1) is 0 Å². The molecule has 0 saturated carbocycles. The van der Waals surface area contributed by atoms with Crippen LogP contribution in [0.3, 0.4) is 0 Å². The van der Waals surface area contributed by atoms with Crippen LogP contribution in [0.15, 0.2) is 48.5 Å². The van der Waals surface area contributed by atoms with Gasteiger partial charge >= 0.3 is 5.97 Å². The molecular formula is C16H16O4. The van der Waals surface area contributed by atoms with Gasteiger partial charge in [0.05, 0.1) is 19.3 Å². The summed E-state index contributed by atoms with van der Waals surface area (Å²) in [5, 5.41) is 8.76. The first-order chi connectivity index (χ1) is 9.72. The topological polar surface area (TPSA) is 55.8 Å². The summed E-state index contributed by atoms with van der Waals surface area (Å²) in [5.41, 5.74) is 2.68. The van der Waals surface area contributed by atoms with Gasteiger partial charge < -0.3 is 14.6 Å². The number of rotatable bonds is 2. The highest BCUT2D eigenvalue weighted by Crippen LogP contribution is 2.24. The van der Waals surface area contributed by atoms with Crippen molar-refractivity contribution in [3.05, 3.63) is 65.2 Å². The lowest BCUT2D eigenvalue weighted by atomic mass is 10.1. The van der Waals surface area contributed by atoms with E-state index in [1.807, 2.05) is 24.3 Å². The molecule has 4 heteroatoms. The summed E-state index contributed by atoms with van der Waals surface area (Å²) in [6, 6.07) is 14.7. The summed E-state index contributed by atoms with van der Waals surface area (Å²) in [5.74, 6) is 0.585. The molecule has 0 spiro atoms. The number of aliphatic hydroxyl groups is 1. The van der Waals surface area contributed by atoms with Crippen LogP contribution < -0.4 is 4.74 Å². The molecule has 4 nitrogen and oxygen atoms in total. The normalized spacial score (nSPS) is 11.1. The quantitative estimate of drug-likeness (QED) is 0.854. The second-order valence-corrected chi connectivity index (χ2v) is 4.29. The monoisotopic (exact) mass is 272 g/mol. The highest BCUT2D eigenvalue weighted by Gasteiger charge is 2.08. The van der Waals surface area contributed by atoms with Gasteiger partial charge in [0.25, 0.3) is 0 Å². The fourth-order valence-corrected chi connectivity index (χ4v) is 1.85. The number of hydrogen-bond acceptors (Lipinski definition) is 4. The molecule has 1 N–H and O–H groups in total. The van der Waals surface area contributed by atoms with E-state index in [0.29, 0.717) is 12.2 Å². The van der Waals surface area contributed by atoms with Gasteiger partial charge in [-0.15, -0.1) is 0 Å². The number of hydrogen-bond donors (Lipinski definition) is 1. The lowest BCUT2D eigenvalue weighted by Crippen LogP contribution is -1.99. The van der Waals surface area contributed by atoms with Gasteiger partial charge in [0.1, 0.15) is 12.4 Å². The van der Waals surface area contributed by atoms with Crippen LogP contribution in [0.4, 0.5) is 0 Å². The number of carbonyl (C=O) groups excluding carboxylic acids is 1. The Balaban J connectivity index is 0.000000147. The van der Waals surface area contributed by atoms with Crippen molar-refractivity contribution in [2.45, 2.75) is 13.2 Å². The van der Waals surface area contributed by atoms with Crippen molar-refractivity contribution < 1.29 is 19.4 Å². The van der Waals surface area contributed by atoms with Gasteiger partial charge in [-0.2, -0.15) is 0 Å². The third kappa shape index (κ3) is 3.59. The summed E-state index contributed by atoms with van der Waals surface area (Å²) >= 11 is 0. The third-order valence-electron chi connectivity index (χ3n) is 2.81. The van der Waals surface area contributed by atoms with Crippen LogP contribution in [0.25, 0.3) is 0 Å². The number of fused-ring (bicyclic) bond motifs is 2. The molecule has 0 unspecified atom stereocenters. The van der Waals surface area contributed by atoms with Crippen molar-refractivity contribution in [2.24, 2.45) is 0 Å². The molecule has 0 fully saturated rings. The SMILES string of the molecule is COC(=O)c1ccccc1.OCc1cc2cc(c1)OC2. The van der Waals surface area contributed by atoms with Gasteiger partial charge in [-0.05, 0) is 41.5 Å². The Bertz CT molecular complexity index is 556. The van der Waals surface area contributed by atoms with Crippen molar-refractivity contribution in [1.82, 2.24) is 0 Å². The van der Waals surface area contributed by atoms with Crippen molar-refractivity contribution in [3.8, 4) is 5.75 Å². The first-order valence-electron chi connectivity index (χ1n) is 6.23. The molecule has 1 heterocycles. The van der Waals surface area contributed by atoms with Gasteiger partial charge in [0.15, 0.2) is 0 Å². The number of methoxy groups -OCH3 is 1. The molecule has 20 heavy (non-hydrogen) atoms. The lowest BCUT2D eigenvalue weighted by molar-refractivity contribution is 0.0600. The Kier molecular flexibility index (Phi) is 4.74. The van der Waals surface area contributed by atoms with E-state index >= 15 is 0 Å². The first-order valence-corrected chi connectivity index (χ1v) is 6.23. The molecule has 2 aromatic rings. The minimum Gasteiger partial charge on any atom is -0.489 e. The van der Waals surface area contributed by atoms with Crippen LogP contribution in [-0.2, 0) is 18.0 Å². The smallest absolute Gasteiger partial charge is 0.337 e. The Morgan fingerprint density at radius 1 is 1.25 bits per heavy atom. The van der Waals surface area contributed by atoms with Crippen LogP contribution >= 0.6 is 0 Å². The minimum absolute atomic E-state index is 0.101. The second-order valence-electron chi connectivity index (χ2n) is 4.29. The standard InChI is InChI=1S/2C8H8O2/c9-4-6-1-7-3-8(2-6)10-5-7;1-10-8(9)7-5-3-2-4-6-7/h1-3,9H,4-5H2;2-6H,1H3. The largest absolute Gasteiger partial charge is 0.489 e. The predicted molar refractivity (Wildman–Crippen MR) is 74.5 cm³/mol. The maximum Gasteiger partial charge on any atom is 0.337 e. The summed E-state index contributed by atoms with van der Waals surface area (Å²) < 4.78 is 9.71. The molecule has 104 valence electrons. The van der Waals surface area contributed by atoms with Gasteiger partial charge in [-0.1, -0.05) is 18.2 Å². The molecule has 3 rings (SSSR count). The molecule has 0 amide bonds. The van der Waals surface area contributed by atoms with Gasteiger partial charge in [-0.3, -0.25) is 0 Å². The van der Waals surface area contributed by atoms with Crippen LogP contribution in [0.5, 0.6) is 5.75 Å². The van der Waals surface area contributed by atoms with Gasteiger partial charge in [0.2, 0.25) is 0 Å². The third-order valence-corrected chi connectivity index (χ3v) is 2.81. The Morgan fingerprint density at radius 2 is 2.00 bits per heavy atom. The predicted octanol–water partition coefficient (Wildman–Crippen LogP) is 2.54. The van der Waals surface area contributed by atoms with Crippen LogP contribution in [-0.4, -0.2) is 18.2 Å². The zero-order chi connectivity index (χ0) is 14.4. The molecule has 1 aliphatic heterocycles. The number of carbonyl (C=O) groups is 1. The summed E-state index contributed by atoms with van der Waals surface area (Å²) in [6.45, 7) is 0.763. The van der Waals surface area contributed by atoms with Gasteiger partial charge in [-0.25, -0.2) is 4.79 Å². The van der Waals surface area contributed by atoms with Crippen LogP contribution in [0.2, 0.25) is 0 Å². The minimum atomic E-state index is -0.291. The second kappa shape index (κ2) is 6.73. The van der Waals surface area contributed by atoms with E-state index in [-0.39, 0.29) is 12.6 Å². The molecule has 2 aromatic carbocycles. The molecule has 0 radical (unpaired) electrons. The molecule has 0 aliphatic carbocycles. The fourth-order valence-electron chi connectivity index (χ4n) is 1.85. The number of esters is 1. The maximum atomic E-state index is 10.8. The molecule has 2 bridgehead atoms. The molecule has 0 atom stereocenters. The molecule has 1 aliphatic rings. The van der Waals surface area contributed by atoms with Crippen molar-refractivity contribution in [2.75, 3.05) is 7.11 Å². The first kappa shape index (κ1) is 14.1. The Labute approximate surface area is 117 Å². The van der Waals surface area contributed by atoms with E-state index < -0.39 is 0 Å². The summed E-state index contributed by atoms with van der Waals surface area (Å²) in [4.78, 5) is 10.8. The number of aliphatic hydroxyl groups excluding tert-OH is 1. The maximum absolute atomic E-state index is 10.8. The highest BCUT2D eigenvalue weighted by molar-refractivity contribution is 5.89. The average molecular weight is 272 g/mol. The molecule has 0 aromatic heterocycles. The van der Waals surface area contributed by atoms with E-state index in [9.17, 15) is 4.79 Å². The van der Waals surface area contributed by atoms with Crippen molar-refractivity contribution in [1.29, 1.82) is 0 Å². The zero-order valence-corrected chi connectivity index (χ0v) is 11.2. The molecule has 0 saturated heterocycles. The zero-order valence-electron chi connectivity index (χ0n) is 11.2. The Morgan fingerprint density at radius 3 is 2.60 bits per heavy atom. The number of benzene rings is 2. The lowest BCUT2D eigenvalue weighted by Gasteiger charge is -1.95. The fraction of sp³-hybridized carbons (Fsp3) is 0.188. The average Bonchev–Trinajstić information content (AvgIpc) is 2.86. The van der Waals surface area contributed by atoms with E-state index in [0.717, 1.165) is 16.9 Å². The van der Waals surface area contributed by atoms with Crippen molar-refractivity contribution in [3.63, 3.8) is 0 Å².